The maximum absolute atomic E-state index is 11.9. The van der Waals surface area contributed by atoms with Crippen LogP contribution >= 0.6 is 0 Å². The van der Waals surface area contributed by atoms with Gasteiger partial charge in [-0.3, -0.25) is 0 Å². The van der Waals surface area contributed by atoms with Crippen molar-refractivity contribution in [2.45, 2.75) is 6.36 Å². The van der Waals surface area contributed by atoms with Gasteiger partial charge in [0.05, 0.1) is 0 Å². The Balaban J connectivity index is 0.00000162. The van der Waals surface area contributed by atoms with Crippen LogP contribution in [0.1, 0.15) is 0 Å². The second-order valence-electron chi connectivity index (χ2n) is 3.36. The second kappa shape index (κ2) is 5.99. The zero-order chi connectivity index (χ0) is 12.3. The summed E-state index contributed by atoms with van der Waals surface area (Å²) >= 11 is 0. The molecule has 2 aromatic rings. The Morgan fingerprint density at radius 2 is 1.33 bits per heavy atom. The smallest absolute Gasteiger partial charge is 0.406 e. The largest absolute Gasteiger partial charge is 1.00 e. The quantitative estimate of drug-likeness (QED) is 0.567. The van der Waals surface area contributed by atoms with E-state index >= 15 is 0 Å². The first-order chi connectivity index (χ1) is 8.04. The Labute approximate surface area is 115 Å². The van der Waals surface area contributed by atoms with E-state index in [0.717, 1.165) is 11.1 Å². The van der Waals surface area contributed by atoms with Gasteiger partial charge in [0.15, 0.2) is 0 Å². The normalized spacial score (nSPS) is 10.6. The van der Waals surface area contributed by atoms with Crippen molar-refractivity contribution in [1.82, 2.24) is 0 Å². The van der Waals surface area contributed by atoms with E-state index in [4.69, 9.17) is 0 Å². The summed E-state index contributed by atoms with van der Waals surface area (Å²) in [7, 11) is 0. The molecule has 0 bridgehead atoms. The topological polar surface area (TPSA) is 9.23 Å². The molecule has 0 saturated heterocycles. The van der Waals surface area contributed by atoms with Gasteiger partial charge in [-0.05, 0) is 17.7 Å². The van der Waals surface area contributed by atoms with E-state index in [1.807, 2.05) is 12.1 Å². The number of hydrogen-bond donors (Lipinski definition) is 0. The third kappa shape index (κ3) is 4.14. The number of alkyl halides is 3. The van der Waals surface area contributed by atoms with Gasteiger partial charge < -0.3 is 4.74 Å². The van der Waals surface area contributed by atoms with Crippen molar-refractivity contribution in [2.24, 2.45) is 0 Å². The van der Waals surface area contributed by atoms with Gasteiger partial charge in [0.2, 0.25) is 0 Å². The average molecular weight is 244 g/mol. The Morgan fingerprint density at radius 3 is 1.83 bits per heavy atom. The second-order valence-corrected chi connectivity index (χ2v) is 3.36. The molecule has 0 aromatic heterocycles. The molecule has 88 valence electrons. The maximum atomic E-state index is 11.9. The predicted octanol–water partition coefficient (Wildman–Crippen LogP) is 1.06. The van der Waals surface area contributed by atoms with Crippen molar-refractivity contribution in [2.75, 3.05) is 0 Å². The van der Waals surface area contributed by atoms with E-state index in [9.17, 15) is 13.2 Å². The molecule has 0 spiro atoms. The van der Waals surface area contributed by atoms with Crippen LogP contribution in [0.3, 0.4) is 0 Å². The van der Waals surface area contributed by atoms with Crippen LogP contribution in [-0.4, -0.2) is 6.36 Å². The minimum atomic E-state index is -4.65. The van der Waals surface area contributed by atoms with E-state index in [-0.39, 0.29) is 24.6 Å². The van der Waals surface area contributed by atoms with E-state index < -0.39 is 6.36 Å². The number of halogens is 3. The summed E-state index contributed by atoms with van der Waals surface area (Å²) in [5.41, 5.74) is 1.75. The number of ether oxygens (including phenoxy) is 1. The number of benzene rings is 2. The first-order valence-corrected chi connectivity index (χ1v) is 4.87. The predicted molar refractivity (Wildman–Crippen MR) is 57.4 cm³/mol. The molecule has 5 heteroatoms. The molecule has 0 atom stereocenters. The number of hydrogen-bond acceptors (Lipinski definition) is 1. The molecule has 0 aliphatic carbocycles. The zero-order valence-electron chi connectivity index (χ0n) is 9.66. The summed E-state index contributed by atoms with van der Waals surface area (Å²) in [6.07, 6.45) is -4.65. The fraction of sp³-hybridized carbons (Fsp3) is 0.0769. The summed E-state index contributed by atoms with van der Waals surface area (Å²) in [6, 6.07) is 15.8. The molecule has 2 rings (SSSR count). The van der Waals surface area contributed by atoms with Gasteiger partial charge >= 0.3 is 25.2 Å². The minimum absolute atomic E-state index is 0. The molecular weight excluding hydrogens is 236 g/mol. The van der Waals surface area contributed by atoms with Crippen LogP contribution in [0, 0.1) is 6.07 Å². The Bertz CT molecular complexity index is 480. The number of rotatable bonds is 2. The van der Waals surface area contributed by atoms with Crippen molar-refractivity contribution in [3.8, 4) is 16.9 Å². The first kappa shape index (κ1) is 14.7. The summed E-state index contributed by atoms with van der Waals surface area (Å²) in [4.78, 5) is 0. The summed E-state index contributed by atoms with van der Waals surface area (Å²) in [5.74, 6) is -0.219. The van der Waals surface area contributed by atoms with E-state index in [2.05, 4.69) is 10.8 Å². The van der Waals surface area contributed by atoms with Crippen LogP contribution in [0.2, 0.25) is 0 Å². The third-order valence-electron chi connectivity index (χ3n) is 2.14. The van der Waals surface area contributed by atoms with E-state index in [1.165, 1.54) is 12.1 Å². The fourth-order valence-corrected chi connectivity index (χ4v) is 1.43. The summed E-state index contributed by atoms with van der Waals surface area (Å²) in [6.45, 7) is 0. The van der Waals surface area contributed by atoms with Crippen LogP contribution in [0.25, 0.3) is 11.1 Å². The Kier molecular flexibility index (Phi) is 4.89. The standard InChI is InChI=1S/C13H8F3O.Li/c14-13(15,16)17-12-8-6-11(7-9-12)10-4-2-1-3-5-10;/h2-9H;/q-1;+1. The summed E-state index contributed by atoms with van der Waals surface area (Å²) in [5, 5.41) is 0. The molecular formula is C13H8F3LiO. The third-order valence-corrected chi connectivity index (χ3v) is 2.14. The van der Waals surface area contributed by atoms with Gasteiger partial charge in [-0.2, -0.15) is 30.3 Å². The van der Waals surface area contributed by atoms with Crippen molar-refractivity contribution >= 4 is 0 Å². The van der Waals surface area contributed by atoms with Crippen LogP contribution in [0.15, 0.2) is 48.5 Å². The molecule has 0 saturated carbocycles. The maximum Gasteiger partial charge on any atom is 1.00 e. The Morgan fingerprint density at radius 1 is 0.833 bits per heavy atom. The van der Waals surface area contributed by atoms with Crippen molar-refractivity contribution in [3.05, 3.63) is 54.6 Å². The molecule has 0 heterocycles. The van der Waals surface area contributed by atoms with Gasteiger partial charge in [-0.1, -0.05) is 12.1 Å². The molecule has 0 aliphatic rings. The van der Waals surface area contributed by atoms with E-state index in [0.29, 0.717) is 0 Å². The Hall–Kier alpha value is -1.37. The average Bonchev–Trinajstić information content (AvgIpc) is 2.29. The molecule has 2 aromatic carbocycles. The van der Waals surface area contributed by atoms with Gasteiger partial charge in [-0.25, -0.2) is 0 Å². The van der Waals surface area contributed by atoms with Gasteiger partial charge in [-0.15, -0.1) is 18.7 Å². The fourth-order valence-electron chi connectivity index (χ4n) is 1.43. The van der Waals surface area contributed by atoms with Crippen LogP contribution in [0.5, 0.6) is 5.75 Å². The minimum Gasteiger partial charge on any atom is -0.406 e. The SMILES string of the molecule is FC(F)(F)Oc1ccc(-c2cc[c-]cc2)cc1.[Li+]. The monoisotopic (exact) mass is 244 g/mol. The molecule has 0 fully saturated rings. The van der Waals surface area contributed by atoms with Crippen molar-refractivity contribution in [1.29, 1.82) is 0 Å². The van der Waals surface area contributed by atoms with Crippen LogP contribution in [-0.2, 0) is 0 Å². The van der Waals surface area contributed by atoms with Gasteiger partial charge in [0.25, 0.3) is 0 Å². The molecule has 1 nitrogen and oxygen atoms in total. The summed E-state index contributed by atoms with van der Waals surface area (Å²) < 4.78 is 39.6. The van der Waals surface area contributed by atoms with Crippen LogP contribution < -0.4 is 23.6 Å². The van der Waals surface area contributed by atoms with Crippen molar-refractivity contribution < 1.29 is 36.8 Å². The van der Waals surface area contributed by atoms with Crippen molar-refractivity contribution in [3.63, 3.8) is 0 Å². The molecule has 0 amide bonds. The molecule has 0 radical (unpaired) electrons. The first-order valence-electron chi connectivity index (χ1n) is 4.87. The van der Waals surface area contributed by atoms with Crippen LogP contribution in [0.4, 0.5) is 13.2 Å². The zero-order valence-corrected chi connectivity index (χ0v) is 9.66. The molecule has 0 aliphatic heterocycles. The van der Waals surface area contributed by atoms with Gasteiger partial charge in [0, 0.05) is 0 Å². The molecule has 18 heavy (non-hydrogen) atoms. The van der Waals surface area contributed by atoms with E-state index in [1.54, 1.807) is 24.3 Å². The molecule has 0 N–H and O–H groups in total. The van der Waals surface area contributed by atoms with Gasteiger partial charge in [0.1, 0.15) is 5.75 Å². The molecule has 0 unspecified atom stereocenters.